The van der Waals surface area contributed by atoms with Crippen LogP contribution < -0.4 is 24.8 Å². The first kappa shape index (κ1) is 18.1. The summed E-state index contributed by atoms with van der Waals surface area (Å²) in [7, 11) is 2.86. The molecule has 1 aromatic carbocycles. The standard InChI is InChI=1S/C16H18N2O7/c1-17-16(21)18-13(19)9-25-14(20)4-3-10-7-11(22-2)15-12(8-10)23-5-6-24-15/h3-4,7-8H,5-6,9H2,1-2H3,(H2,17,18,19,21)/b4-3+. The van der Waals surface area contributed by atoms with Crippen molar-refractivity contribution in [2.45, 2.75) is 0 Å². The highest BCUT2D eigenvalue weighted by atomic mass is 16.6. The Labute approximate surface area is 143 Å². The third-order valence-corrected chi connectivity index (χ3v) is 3.09. The topological polar surface area (TPSA) is 112 Å². The number of ether oxygens (including phenoxy) is 4. The van der Waals surface area contributed by atoms with E-state index < -0.39 is 24.5 Å². The van der Waals surface area contributed by atoms with Crippen LogP contribution in [0.15, 0.2) is 18.2 Å². The molecule has 1 aliphatic heterocycles. The third kappa shape index (κ3) is 5.13. The lowest BCUT2D eigenvalue weighted by molar-refractivity contribution is -0.143. The van der Waals surface area contributed by atoms with E-state index in [-0.39, 0.29) is 0 Å². The Kier molecular flexibility index (Phi) is 6.21. The number of carbonyl (C=O) groups is 3. The van der Waals surface area contributed by atoms with E-state index in [1.807, 2.05) is 5.32 Å². The molecule has 0 saturated heterocycles. The molecule has 0 spiro atoms. The molecule has 2 N–H and O–H groups in total. The molecule has 2 rings (SSSR count). The van der Waals surface area contributed by atoms with Crippen LogP contribution in [0.4, 0.5) is 4.79 Å². The van der Waals surface area contributed by atoms with Gasteiger partial charge in [0.05, 0.1) is 7.11 Å². The lowest BCUT2D eigenvalue weighted by Gasteiger charge is -2.20. The maximum atomic E-state index is 11.6. The van der Waals surface area contributed by atoms with Crippen molar-refractivity contribution in [3.05, 3.63) is 23.8 Å². The number of amides is 3. The Balaban J connectivity index is 1.95. The zero-order valence-corrected chi connectivity index (χ0v) is 13.8. The summed E-state index contributed by atoms with van der Waals surface area (Å²) in [6.45, 7) is 0.288. The van der Waals surface area contributed by atoms with Gasteiger partial charge in [-0.2, -0.15) is 0 Å². The van der Waals surface area contributed by atoms with E-state index in [1.54, 1.807) is 12.1 Å². The molecule has 9 nitrogen and oxygen atoms in total. The SMILES string of the molecule is CNC(=O)NC(=O)COC(=O)/C=C/c1cc(OC)c2c(c1)OCCO2. The van der Waals surface area contributed by atoms with Crippen molar-refractivity contribution < 1.29 is 33.3 Å². The predicted molar refractivity (Wildman–Crippen MR) is 86.6 cm³/mol. The smallest absolute Gasteiger partial charge is 0.331 e. The van der Waals surface area contributed by atoms with Crippen LogP contribution in [0.5, 0.6) is 17.2 Å². The van der Waals surface area contributed by atoms with Crippen LogP contribution in [-0.4, -0.2) is 51.9 Å². The number of fused-ring (bicyclic) bond motifs is 1. The molecule has 0 unspecified atom stereocenters. The summed E-state index contributed by atoms with van der Waals surface area (Å²) in [4.78, 5) is 33.9. The molecule has 25 heavy (non-hydrogen) atoms. The van der Waals surface area contributed by atoms with Crippen molar-refractivity contribution in [1.29, 1.82) is 0 Å². The van der Waals surface area contributed by atoms with Gasteiger partial charge in [0.2, 0.25) is 5.75 Å². The Bertz CT molecular complexity index is 683. The van der Waals surface area contributed by atoms with Gasteiger partial charge in [0.15, 0.2) is 18.1 Å². The Morgan fingerprint density at radius 3 is 2.72 bits per heavy atom. The minimum Gasteiger partial charge on any atom is -0.493 e. The molecule has 1 heterocycles. The molecule has 3 amide bonds. The summed E-state index contributed by atoms with van der Waals surface area (Å²) in [6.07, 6.45) is 2.64. The lowest BCUT2D eigenvalue weighted by atomic mass is 10.1. The molecule has 0 aliphatic carbocycles. The van der Waals surface area contributed by atoms with Gasteiger partial charge < -0.3 is 24.3 Å². The fourth-order valence-corrected chi connectivity index (χ4v) is 1.96. The number of imide groups is 1. The summed E-state index contributed by atoms with van der Waals surface area (Å²) in [5.41, 5.74) is 0.632. The second-order valence-corrected chi connectivity index (χ2v) is 4.82. The number of rotatable bonds is 5. The number of carbonyl (C=O) groups excluding carboxylic acids is 3. The average molecular weight is 350 g/mol. The molecule has 9 heteroatoms. The predicted octanol–water partition coefficient (Wildman–Crippen LogP) is 0.478. The van der Waals surface area contributed by atoms with Crippen LogP contribution >= 0.6 is 0 Å². The zero-order valence-electron chi connectivity index (χ0n) is 13.8. The minimum absolute atomic E-state index is 0.422. The second kappa shape index (κ2) is 8.57. The van der Waals surface area contributed by atoms with Crippen molar-refractivity contribution in [1.82, 2.24) is 10.6 Å². The normalized spacial score (nSPS) is 12.4. The number of esters is 1. The number of hydrogen-bond donors (Lipinski definition) is 2. The highest BCUT2D eigenvalue weighted by Gasteiger charge is 2.17. The molecular weight excluding hydrogens is 332 g/mol. The van der Waals surface area contributed by atoms with Crippen LogP contribution in [-0.2, 0) is 14.3 Å². The quantitative estimate of drug-likeness (QED) is 0.587. The van der Waals surface area contributed by atoms with Gasteiger partial charge >= 0.3 is 12.0 Å². The van der Waals surface area contributed by atoms with Gasteiger partial charge in [-0.05, 0) is 23.8 Å². The molecule has 0 radical (unpaired) electrons. The van der Waals surface area contributed by atoms with Crippen molar-refractivity contribution in [2.75, 3.05) is 34.0 Å². The molecule has 0 aromatic heterocycles. The largest absolute Gasteiger partial charge is 0.493 e. The molecule has 0 fully saturated rings. The second-order valence-electron chi connectivity index (χ2n) is 4.82. The summed E-state index contributed by atoms with van der Waals surface area (Å²) < 4.78 is 21.0. The van der Waals surface area contributed by atoms with Crippen LogP contribution in [0, 0.1) is 0 Å². The van der Waals surface area contributed by atoms with Crippen molar-refractivity contribution in [3.63, 3.8) is 0 Å². The van der Waals surface area contributed by atoms with Crippen molar-refractivity contribution >= 4 is 24.0 Å². The molecule has 0 bridgehead atoms. The van der Waals surface area contributed by atoms with Crippen LogP contribution in [0.2, 0.25) is 0 Å². The minimum atomic E-state index is -0.735. The van der Waals surface area contributed by atoms with Crippen molar-refractivity contribution in [3.8, 4) is 17.2 Å². The molecule has 1 aliphatic rings. The van der Waals surface area contributed by atoms with E-state index in [2.05, 4.69) is 5.32 Å². The van der Waals surface area contributed by atoms with E-state index in [0.29, 0.717) is 36.0 Å². The summed E-state index contributed by atoms with van der Waals surface area (Å²) in [5, 5.41) is 4.18. The molecule has 134 valence electrons. The first-order chi connectivity index (χ1) is 12.0. The Morgan fingerprint density at radius 1 is 1.24 bits per heavy atom. The highest BCUT2D eigenvalue weighted by molar-refractivity contribution is 5.96. The van der Waals surface area contributed by atoms with Crippen molar-refractivity contribution in [2.24, 2.45) is 0 Å². The molecular formula is C16H18N2O7. The summed E-state index contributed by atoms with van der Waals surface area (Å²) in [6, 6.07) is 2.69. The maximum absolute atomic E-state index is 11.6. The Morgan fingerprint density at radius 2 is 2.00 bits per heavy atom. The number of benzene rings is 1. The number of nitrogens with one attached hydrogen (secondary N) is 2. The van der Waals surface area contributed by atoms with Crippen LogP contribution in [0.3, 0.4) is 0 Å². The van der Waals surface area contributed by atoms with Gasteiger partial charge in [-0.15, -0.1) is 0 Å². The van der Waals surface area contributed by atoms with E-state index in [1.165, 1.54) is 20.2 Å². The molecule has 0 atom stereocenters. The van der Waals surface area contributed by atoms with Crippen LogP contribution in [0.25, 0.3) is 6.08 Å². The van der Waals surface area contributed by atoms with Gasteiger partial charge in [-0.1, -0.05) is 0 Å². The highest BCUT2D eigenvalue weighted by Crippen LogP contribution is 2.40. The van der Waals surface area contributed by atoms with Crippen LogP contribution in [0.1, 0.15) is 5.56 Å². The van der Waals surface area contributed by atoms with Gasteiger partial charge in [0, 0.05) is 13.1 Å². The fraction of sp³-hybridized carbons (Fsp3) is 0.312. The number of urea groups is 1. The number of hydrogen-bond acceptors (Lipinski definition) is 7. The molecule has 1 aromatic rings. The fourth-order valence-electron chi connectivity index (χ4n) is 1.96. The first-order valence-corrected chi connectivity index (χ1v) is 7.37. The zero-order chi connectivity index (χ0) is 18.2. The first-order valence-electron chi connectivity index (χ1n) is 7.37. The van der Waals surface area contributed by atoms with E-state index in [0.717, 1.165) is 6.08 Å². The summed E-state index contributed by atoms with van der Waals surface area (Å²) in [5.74, 6) is 0.0427. The Hall–Kier alpha value is -3.23. The van der Waals surface area contributed by atoms with E-state index in [4.69, 9.17) is 18.9 Å². The lowest BCUT2D eigenvalue weighted by Crippen LogP contribution is -2.39. The van der Waals surface area contributed by atoms with Gasteiger partial charge in [-0.25, -0.2) is 9.59 Å². The third-order valence-electron chi connectivity index (χ3n) is 3.09. The van der Waals surface area contributed by atoms with E-state index in [9.17, 15) is 14.4 Å². The van der Waals surface area contributed by atoms with Gasteiger partial charge in [0.25, 0.3) is 5.91 Å². The van der Waals surface area contributed by atoms with E-state index >= 15 is 0 Å². The van der Waals surface area contributed by atoms with Gasteiger partial charge in [-0.3, -0.25) is 10.1 Å². The molecule has 0 saturated carbocycles. The number of methoxy groups -OCH3 is 1. The maximum Gasteiger partial charge on any atom is 0.331 e. The summed E-state index contributed by atoms with van der Waals surface area (Å²) >= 11 is 0. The average Bonchev–Trinajstić information content (AvgIpc) is 2.63. The monoisotopic (exact) mass is 350 g/mol. The van der Waals surface area contributed by atoms with Gasteiger partial charge in [0.1, 0.15) is 13.2 Å².